The molecule has 0 radical (unpaired) electrons. The Kier molecular flexibility index (Phi) is 8.78. The molecule has 0 aliphatic carbocycles. The molecule has 0 saturated heterocycles. The van der Waals surface area contributed by atoms with Crippen LogP contribution in [-0.2, 0) is 9.59 Å². The molecule has 7 heteroatoms. The fourth-order valence-electron chi connectivity index (χ4n) is 1.73. The summed E-state index contributed by atoms with van der Waals surface area (Å²) in [4.78, 5) is 23.1. The summed E-state index contributed by atoms with van der Waals surface area (Å²) in [6.45, 7) is 10.6. The number of nitrogens with one attached hydrogen (secondary N) is 2. The molecule has 0 unspecified atom stereocenters. The second-order valence-electron chi connectivity index (χ2n) is 5.54. The zero-order valence-corrected chi connectivity index (χ0v) is 14.9. The van der Waals surface area contributed by atoms with Gasteiger partial charge >= 0.3 is 11.8 Å². The molecule has 0 heterocycles. The van der Waals surface area contributed by atoms with Crippen LogP contribution in [0.2, 0.25) is 0 Å². The average molecular weight is 347 g/mol. The highest BCUT2D eigenvalue weighted by atomic mass is 16.5. The average Bonchev–Trinajstić information content (AvgIpc) is 2.59. The second kappa shape index (κ2) is 10.9. The summed E-state index contributed by atoms with van der Waals surface area (Å²) in [6.07, 6.45) is 3.07. The van der Waals surface area contributed by atoms with Crippen molar-refractivity contribution in [2.24, 2.45) is 11.0 Å². The van der Waals surface area contributed by atoms with Crippen molar-refractivity contribution < 1.29 is 19.1 Å². The number of ether oxygens (including phenoxy) is 2. The number of carbonyl (C=O) groups is 2. The maximum absolute atomic E-state index is 11.6. The third kappa shape index (κ3) is 7.52. The number of hydrazone groups is 1. The Bertz CT molecular complexity index is 627. The molecule has 1 aromatic rings. The van der Waals surface area contributed by atoms with Gasteiger partial charge in [-0.05, 0) is 36.6 Å². The highest BCUT2D eigenvalue weighted by molar-refractivity contribution is 6.35. The number of carbonyl (C=O) groups excluding carboxylic acids is 2. The smallest absolute Gasteiger partial charge is 0.329 e. The third-order valence-corrected chi connectivity index (χ3v) is 2.88. The molecular formula is C18H25N3O4. The van der Waals surface area contributed by atoms with Crippen LogP contribution in [0.15, 0.2) is 36.0 Å². The van der Waals surface area contributed by atoms with Crippen molar-refractivity contribution in [3.63, 3.8) is 0 Å². The minimum absolute atomic E-state index is 0.263. The Labute approximate surface area is 148 Å². The van der Waals surface area contributed by atoms with Crippen molar-refractivity contribution in [3.8, 4) is 11.5 Å². The van der Waals surface area contributed by atoms with Crippen LogP contribution in [0.25, 0.3) is 0 Å². The summed E-state index contributed by atoms with van der Waals surface area (Å²) in [5.74, 6) is -0.105. The summed E-state index contributed by atoms with van der Waals surface area (Å²) in [6, 6.07) is 5.23. The number of benzene rings is 1. The molecular weight excluding hydrogens is 322 g/mol. The van der Waals surface area contributed by atoms with Crippen molar-refractivity contribution in [2.75, 3.05) is 19.8 Å². The van der Waals surface area contributed by atoms with E-state index in [2.05, 4.69) is 22.4 Å². The quantitative estimate of drug-likeness (QED) is 0.309. The fourth-order valence-corrected chi connectivity index (χ4v) is 1.73. The van der Waals surface area contributed by atoms with Gasteiger partial charge < -0.3 is 14.8 Å². The Morgan fingerprint density at radius 1 is 1.24 bits per heavy atom. The second-order valence-corrected chi connectivity index (χ2v) is 5.54. The zero-order valence-electron chi connectivity index (χ0n) is 14.9. The predicted molar refractivity (Wildman–Crippen MR) is 96.9 cm³/mol. The van der Waals surface area contributed by atoms with Gasteiger partial charge in [0.1, 0.15) is 6.61 Å². The van der Waals surface area contributed by atoms with Crippen LogP contribution in [0.3, 0.4) is 0 Å². The van der Waals surface area contributed by atoms with E-state index >= 15 is 0 Å². The van der Waals surface area contributed by atoms with Crippen LogP contribution in [0.1, 0.15) is 26.3 Å². The van der Waals surface area contributed by atoms with Gasteiger partial charge in [-0.15, -0.1) is 0 Å². The molecule has 2 N–H and O–H groups in total. The molecule has 7 nitrogen and oxygen atoms in total. The van der Waals surface area contributed by atoms with Crippen molar-refractivity contribution in [2.45, 2.75) is 20.8 Å². The number of hydrogen-bond donors (Lipinski definition) is 2. The number of hydrogen-bond acceptors (Lipinski definition) is 5. The Morgan fingerprint density at radius 3 is 2.64 bits per heavy atom. The highest BCUT2D eigenvalue weighted by Gasteiger charge is 2.12. The van der Waals surface area contributed by atoms with Crippen molar-refractivity contribution in [1.82, 2.24) is 10.7 Å². The molecule has 0 fully saturated rings. The number of nitrogens with zero attached hydrogens (tertiary/aromatic N) is 1. The van der Waals surface area contributed by atoms with Crippen LogP contribution < -0.4 is 20.2 Å². The molecule has 0 spiro atoms. The molecule has 1 rings (SSSR count). The first-order valence-corrected chi connectivity index (χ1v) is 8.09. The van der Waals surface area contributed by atoms with E-state index in [1.807, 2.05) is 20.8 Å². The monoisotopic (exact) mass is 347 g/mol. The van der Waals surface area contributed by atoms with E-state index in [-0.39, 0.29) is 5.92 Å². The maximum Gasteiger partial charge on any atom is 0.329 e. The molecule has 0 aliphatic heterocycles. The summed E-state index contributed by atoms with van der Waals surface area (Å²) in [5.41, 5.74) is 2.88. The van der Waals surface area contributed by atoms with Crippen LogP contribution in [0.5, 0.6) is 11.5 Å². The zero-order chi connectivity index (χ0) is 18.7. The lowest BCUT2D eigenvalue weighted by atomic mass is 10.2. The van der Waals surface area contributed by atoms with Gasteiger partial charge in [0.15, 0.2) is 11.5 Å². The molecule has 0 aliphatic rings. The largest absolute Gasteiger partial charge is 0.490 e. The van der Waals surface area contributed by atoms with E-state index < -0.39 is 11.8 Å². The molecule has 0 saturated carbocycles. The van der Waals surface area contributed by atoms with Gasteiger partial charge in [0.25, 0.3) is 0 Å². The van der Waals surface area contributed by atoms with Crippen LogP contribution >= 0.6 is 0 Å². The summed E-state index contributed by atoms with van der Waals surface area (Å²) < 4.78 is 11.0. The van der Waals surface area contributed by atoms with Gasteiger partial charge in [-0.1, -0.05) is 26.5 Å². The SMILES string of the molecule is C=CCOc1ccc(C=NNC(=O)C(=O)NCC(C)C)cc1OCC. The van der Waals surface area contributed by atoms with Gasteiger partial charge in [-0.25, -0.2) is 5.43 Å². The lowest BCUT2D eigenvalue weighted by Crippen LogP contribution is -2.39. The van der Waals surface area contributed by atoms with Gasteiger partial charge in [0.2, 0.25) is 0 Å². The van der Waals surface area contributed by atoms with Crippen molar-refractivity contribution in [3.05, 3.63) is 36.4 Å². The molecule has 0 atom stereocenters. The van der Waals surface area contributed by atoms with E-state index in [9.17, 15) is 9.59 Å². The standard InChI is InChI=1S/C18H25N3O4/c1-5-9-25-15-8-7-14(10-16(15)24-6-2)12-20-21-18(23)17(22)19-11-13(3)4/h5,7-8,10,12-13H,1,6,9,11H2,2-4H3,(H,19,22)(H,21,23). The summed E-state index contributed by atoms with van der Waals surface area (Å²) in [7, 11) is 0. The maximum atomic E-state index is 11.6. The van der Waals surface area contributed by atoms with Gasteiger partial charge in [0.05, 0.1) is 12.8 Å². The van der Waals surface area contributed by atoms with E-state index in [0.29, 0.717) is 36.8 Å². The Hall–Kier alpha value is -2.83. The van der Waals surface area contributed by atoms with Crippen LogP contribution in [-0.4, -0.2) is 37.8 Å². The van der Waals surface area contributed by atoms with Crippen molar-refractivity contribution >= 4 is 18.0 Å². The van der Waals surface area contributed by atoms with E-state index in [0.717, 1.165) is 0 Å². The first-order valence-electron chi connectivity index (χ1n) is 8.09. The first-order chi connectivity index (χ1) is 12.0. The molecule has 2 amide bonds. The minimum Gasteiger partial charge on any atom is -0.490 e. The first kappa shape index (κ1) is 20.2. The van der Waals surface area contributed by atoms with E-state index in [1.54, 1.807) is 24.3 Å². The fraction of sp³-hybridized carbons (Fsp3) is 0.389. The lowest BCUT2D eigenvalue weighted by Gasteiger charge is -2.11. The number of rotatable bonds is 9. The third-order valence-electron chi connectivity index (χ3n) is 2.88. The summed E-state index contributed by atoms with van der Waals surface area (Å²) >= 11 is 0. The molecule has 0 bridgehead atoms. The molecule has 25 heavy (non-hydrogen) atoms. The van der Waals surface area contributed by atoms with Gasteiger partial charge in [-0.2, -0.15) is 5.10 Å². The van der Waals surface area contributed by atoms with Crippen LogP contribution in [0, 0.1) is 5.92 Å². The van der Waals surface area contributed by atoms with E-state index in [1.165, 1.54) is 6.21 Å². The van der Waals surface area contributed by atoms with Gasteiger partial charge in [-0.3, -0.25) is 9.59 Å². The van der Waals surface area contributed by atoms with Crippen molar-refractivity contribution in [1.29, 1.82) is 0 Å². The molecule has 1 aromatic carbocycles. The van der Waals surface area contributed by atoms with E-state index in [4.69, 9.17) is 9.47 Å². The van der Waals surface area contributed by atoms with Gasteiger partial charge in [0, 0.05) is 6.54 Å². The Balaban J connectivity index is 2.67. The summed E-state index contributed by atoms with van der Waals surface area (Å²) in [5, 5.41) is 6.30. The number of amides is 2. The minimum atomic E-state index is -0.812. The Morgan fingerprint density at radius 2 is 2.00 bits per heavy atom. The molecule has 0 aromatic heterocycles. The van der Waals surface area contributed by atoms with Crippen LogP contribution in [0.4, 0.5) is 0 Å². The lowest BCUT2D eigenvalue weighted by molar-refractivity contribution is -0.139. The normalized spacial score (nSPS) is 10.6. The predicted octanol–water partition coefficient (Wildman–Crippen LogP) is 1.87. The molecule has 136 valence electrons. The highest BCUT2D eigenvalue weighted by Crippen LogP contribution is 2.28. The topological polar surface area (TPSA) is 89.0 Å².